The first-order valence-corrected chi connectivity index (χ1v) is 9.89. The summed E-state index contributed by atoms with van der Waals surface area (Å²) in [7, 11) is 0. The Kier molecular flexibility index (Phi) is 6.68. The topological polar surface area (TPSA) is 52.7 Å². The molecule has 0 unspecified atom stereocenters. The second kappa shape index (κ2) is 8.42. The van der Waals surface area contributed by atoms with E-state index >= 15 is 0 Å². The van der Waals surface area contributed by atoms with Crippen molar-refractivity contribution in [2.75, 3.05) is 32.7 Å². The molecular weight excluding hydrogens is 338 g/mol. The average Bonchev–Trinajstić information content (AvgIpc) is 2.77. The molecule has 1 aliphatic rings. The SMILES string of the molecule is CC(C)(C)NC(=O)CN1CCCN(C(=O)c2ccc(C(C)(C)C)cc2)CC1. The second-order valence-electron chi connectivity index (χ2n) is 9.55. The van der Waals surface area contributed by atoms with Gasteiger partial charge in [0.1, 0.15) is 0 Å². The van der Waals surface area contributed by atoms with E-state index in [1.54, 1.807) is 0 Å². The van der Waals surface area contributed by atoms with E-state index in [2.05, 4.69) is 31.0 Å². The number of nitrogens with one attached hydrogen (secondary N) is 1. The van der Waals surface area contributed by atoms with Gasteiger partial charge in [-0.1, -0.05) is 32.9 Å². The number of benzene rings is 1. The maximum Gasteiger partial charge on any atom is 0.253 e. The summed E-state index contributed by atoms with van der Waals surface area (Å²) in [5.74, 6) is 0.122. The van der Waals surface area contributed by atoms with Crippen LogP contribution in [0.2, 0.25) is 0 Å². The minimum absolute atomic E-state index is 0.0417. The zero-order valence-corrected chi connectivity index (χ0v) is 17.8. The number of amides is 2. The molecule has 0 spiro atoms. The predicted octanol–water partition coefficient (Wildman–Crippen LogP) is 3.05. The summed E-state index contributed by atoms with van der Waals surface area (Å²) in [5, 5.41) is 3.00. The third-order valence-corrected chi connectivity index (χ3v) is 4.76. The number of nitrogens with zero attached hydrogens (tertiary/aromatic N) is 2. The number of carbonyl (C=O) groups excluding carboxylic acids is 2. The van der Waals surface area contributed by atoms with E-state index < -0.39 is 0 Å². The molecule has 1 heterocycles. The van der Waals surface area contributed by atoms with Gasteiger partial charge in [0.05, 0.1) is 6.54 Å². The summed E-state index contributed by atoms with van der Waals surface area (Å²) in [6, 6.07) is 7.97. The molecule has 1 saturated heterocycles. The molecule has 0 aliphatic carbocycles. The van der Waals surface area contributed by atoms with Crippen LogP contribution in [0.3, 0.4) is 0 Å². The van der Waals surface area contributed by atoms with Gasteiger partial charge in [-0.25, -0.2) is 0 Å². The van der Waals surface area contributed by atoms with Crippen molar-refractivity contribution in [3.63, 3.8) is 0 Å². The Morgan fingerprint density at radius 2 is 1.56 bits per heavy atom. The Balaban J connectivity index is 1.93. The number of carbonyl (C=O) groups is 2. The first-order valence-electron chi connectivity index (χ1n) is 9.89. The monoisotopic (exact) mass is 373 g/mol. The fraction of sp³-hybridized carbons (Fsp3) is 0.636. The van der Waals surface area contributed by atoms with Crippen molar-refractivity contribution < 1.29 is 9.59 Å². The molecule has 1 aliphatic heterocycles. The lowest BCUT2D eigenvalue weighted by Gasteiger charge is -2.25. The number of hydrogen-bond donors (Lipinski definition) is 1. The lowest BCUT2D eigenvalue weighted by molar-refractivity contribution is -0.123. The third kappa shape index (κ3) is 6.65. The predicted molar refractivity (Wildman–Crippen MR) is 110 cm³/mol. The van der Waals surface area contributed by atoms with Crippen LogP contribution in [0, 0.1) is 0 Å². The first-order chi connectivity index (χ1) is 12.5. The maximum atomic E-state index is 12.9. The minimum atomic E-state index is -0.218. The van der Waals surface area contributed by atoms with Gasteiger partial charge in [-0.3, -0.25) is 14.5 Å². The maximum absolute atomic E-state index is 12.9. The number of hydrogen-bond acceptors (Lipinski definition) is 3. The molecule has 5 heteroatoms. The lowest BCUT2D eigenvalue weighted by Crippen LogP contribution is -2.46. The van der Waals surface area contributed by atoms with Crippen LogP contribution in [0.1, 0.15) is 63.9 Å². The van der Waals surface area contributed by atoms with E-state index in [1.165, 1.54) is 5.56 Å². The second-order valence-corrected chi connectivity index (χ2v) is 9.55. The normalized spacial score (nSPS) is 16.7. The third-order valence-electron chi connectivity index (χ3n) is 4.76. The molecular formula is C22H35N3O2. The highest BCUT2D eigenvalue weighted by atomic mass is 16.2. The zero-order valence-electron chi connectivity index (χ0n) is 17.8. The zero-order chi connectivity index (χ0) is 20.2. The molecule has 27 heavy (non-hydrogen) atoms. The summed E-state index contributed by atoms with van der Waals surface area (Å²) >= 11 is 0. The summed E-state index contributed by atoms with van der Waals surface area (Å²) in [6.45, 7) is 15.8. The summed E-state index contributed by atoms with van der Waals surface area (Å²) in [5.41, 5.74) is 1.83. The van der Waals surface area contributed by atoms with Crippen LogP contribution in [0.25, 0.3) is 0 Å². The van der Waals surface area contributed by atoms with Crippen molar-refractivity contribution in [1.82, 2.24) is 15.1 Å². The Morgan fingerprint density at radius 1 is 0.926 bits per heavy atom. The molecule has 150 valence electrons. The van der Waals surface area contributed by atoms with Gasteiger partial charge in [-0.15, -0.1) is 0 Å². The van der Waals surface area contributed by atoms with E-state index in [4.69, 9.17) is 0 Å². The van der Waals surface area contributed by atoms with Gasteiger partial charge in [-0.05, 0) is 50.3 Å². The Morgan fingerprint density at radius 3 is 2.11 bits per heavy atom. The van der Waals surface area contributed by atoms with Crippen molar-refractivity contribution in [1.29, 1.82) is 0 Å². The average molecular weight is 374 g/mol. The molecule has 1 fully saturated rings. The molecule has 0 aromatic heterocycles. The molecule has 0 saturated carbocycles. The summed E-state index contributed by atoms with van der Waals surface area (Å²) in [4.78, 5) is 29.1. The smallest absolute Gasteiger partial charge is 0.253 e. The van der Waals surface area contributed by atoms with Crippen LogP contribution >= 0.6 is 0 Å². The number of rotatable bonds is 3. The van der Waals surface area contributed by atoms with E-state index in [1.807, 2.05) is 49.9 Å². The van der Waals surface area contributed by atoms with E-state index in [0.717, 1.165) is 31.6 Å². The van der Waals surface area contributed by atoms with Crippen molar-refractivity contribution >= 4 is 11.8 Å². The van der Waals surface area contributed by atoms with Gasteiger partial charge in [0.25, 0.3) is 5.91 Å². The van der Waals surface area contributed by atoms with E-state index in [-0.39, 0.29) is 22.8 Å². The van der Waals surface area contributed by atoms with Crippen molar-refractivity contribution in [2.45, 2.75) is 58.9 Å². The van der Waals surface area contributed by atoms with Crippen molar-refractivity contribution in [2.24, 2.45) is 0 Å². The molecule has 1 aromatic carbocycles. The Hall–Kier alpha value is -1.88. The Bertz CT molecular complexity index is 654. The molecule has 2 amide bonds. The van der Waals surface area contributed by atoms with Gasteiger partial charge in [0.15, 0.2) is 0 Å². The molecule has 1 aromatic rings. The molecule has 0 radical (unpaired) electrons. The van der Waals surface area contributed by atoms with Gasteiger partial charge in [0, 0.05) is 37.3 Å². The lowest BCUT2D eigenvalue weighted by atomic mass is 9.86. The summed E-state index contributed by atoms with van der Waals surface area (Å²) in [6.07, 6.45) is 0.884. The van der Waals surface area contributed by atoms with Crippen molar-refractivity contribution in [3.8, 4) is 0 Å². The fourth-order valence-electron chi connectivity index (χ4n) is 3.29. The van der Waals surface area contributed by atoms with Crippen LogP contribution in [-0.2, 0) is 10.2 Å². The van der Waals surface area contributed by atoms with Crippen LogP contribution in [-0.4, -0.2) is 59.9 Å². The Labute approximate surface area is 164 Å². The standard InChI is InChI=1S/C22H35N3O2/c1-21(2,3)18-10-8-17(9-11-18)20(27)25-13-7-12-24(14-15-25)16-19(26)23-22(4,5)6/h8-11H,7,12-16H2,1-6H3,(H,23,26). The van der Waals surface area contributed by atoms with E-state index in [0.29, 0.717) is 13.1 Å². The molecule has 1 N–H and O–H groups in total. The molecule has 5 nitrogen and oxygen atoms in total. The van der Waals surface area contributed by atoms with E-state index in [9.17, 15) is 9.59 Å². The van der Waals surface area contributed by atoms with Gasteiger partial charge in [0.2, 0.25) is 5.91 Å². The fourth-order valence-corrected chi connectivity index (χ4v) is 3.29. The van der Waals surface area contributed by atoms with Gasteiger partial charge < -0.3 is 10.2 Å². The highest BCUT2D eigenvalue weighted by molar-refractivity contribution is 5.94. The van der Waals surface area contributed by atoms with Crippen LogP contribution < -0.4 is 5.32 Å². The minimum Gasteiger partial charge on any atom is -0.350 e. The highest BCUT2D eigenvalue weighted by Gasteiger charge is 2.23. The van der Waals surface area contributed by atoms with Crippen molar-refractivity contribution in [3.05, 3.63) is 35.4 Å². The van der Waals surface area contributed by atoms with Crippen LogP contribution in [0.15, 0.2) is 24.3 Å². The first kappa shape index (κ1) is 21.4. The van der Waals surface area contributed by atoms with Gasteiger partial charge >= 0.3 is 0 Å². The largest absolute Gasteiger partial charge is 0.350 e. The highest BCUT2D eigenvalue weighted by Crippen LogP contribution is 2.22. The summed E-state index contributed by atoms with van der Waals surface area (Å²) < 4.78 is 0. The molecule has 0 bridgehead atoms. The van der Waals surface area contributed by atoms with Gasteiger partial charge in [-0.2, -0.15) is 0 Å². The quantitative estimate of drug-likeness (QED) is 0.886. The molecule has 2 rings (SSSR count). The van der Waals surface area contributed by atoms with Crippen LogP contribution in [0.5, 0.6) is 0 Å². The van der Waals surface area contributed by atoms with Crippen LogP contribution in [0.4, 0.5) is 0 Å². The molecule has 0 atom stereocenters.